The molecular formula is C19H22N2O5. The van der Waals surface area contributed by atoms with E-state index in [1.807, 2.05) is 27.7 Å². The minimum absolute atomic E-state index is 0.00155. The fourth-order valence-electron chi connectivity index (χ4n) is 2.20. The van der Waals surface area contributed by atoms with E-state index in [0.717, 1.165) is 5.56 Å². The van der Waals surface area contributed by atoms with Gasteiger partial charge >= 0.3 is 6.09 Å². The Balaban J connectivity index is 2.13. The monoisotopic (exact) mass is 358 g/mol. The molecule has 0 aliphatic rings. The number of non-ortho nitro benzene ring substituents is 1. The quantitative estimate of drug-likeness (QED) is 0.610. The van der Waals surface area contributed by atoms with Crippen LogP contribution in [-0.2, 0) is 6.42 Å². The molecule has 7 heteroatoms. The average molecular weight is 358 g/mol. The number of benzene rings is 2. The summed E-state index contributed by atoms with van der Waals surface area (Å²) in [6.45, 7) is 7.56. The van der Waals surface area contributed by atoms with Crippen LogP contribution in [0.25, 0.3) is 0 Å². The maximum atomic E-state index is 11.9. The van der Waals surface area contributed by atoms with Crippen molar-refractivity contribution in [3.63, 3.8) is 0 Å². The minimum atomic E-state index is -0.524. The summed E-state index contributed by atoms with van der Waals surface area (Å²) in [4.78, 5) is 22.1. The zero-order valence-electron chi connectivity index (χ0n) is 15.2. The van der Waals surface area contributed by atoms with Gasteiger partial charge in [0, 0.05) is 17.7 Å². The third kappa shape index (κ3) is 5.47. The number of nitrogens with one attached hydrogen (secondary N) is 1. The van der Waals surface area contributed by atoms with Gasteiger partial charge in [-0.15, -0.1) is 0 Å². The van der Waals surface area contributed by atoms with E-state index in [1.165, 1.54) is 12.1 Å². The second-order valence-electron chi connectivity index (χ2n) is 6.74. The van der Waals surface area contributed by atoms with Crippen molar-refractivity contribution in [1.82, 2.24) is 5.32 Å². The molecule has 0 heterocycles. The van der Waals surface area contributed by atoms with E-state index >= 15 is 0 Å². The van der Waals surface area contributed by atoms with Crippen LogP contribution in [0.2, 0.25) is 0 Å². The number of aryl methyl sites for hydroxylation is 1. The highest BCUT2D eigenvalue weighted by Crippen LogP contribution is 2.30. The standard InChI is InChI=1S/C19H22N2O5/c1-5-13-12-16(26-18(22)20-19(2,3)4)10-11-17(13)25-15-8-6-14(7-9-15)21(23)24/h6-12H,5H2,1-4H3,(H,20,22). The fraction of sp³-hybridized carbons (Fsp3) is 0.316. The Morgan fingerprint density at radius 3 is 2.27 bits per heavy atom. The largest absolute Gasteiger partial charge is 0.457 e. The van der Waals surface area contributed by atoms with Crippen LogP contribution in [0.3, 0.4) is 0 Å². The molecule has 0 bridgehead atoms. The van der Waals surface area contributed by atoms with Crippen molar-refractivity contribution in [3.05, 3.63) is 58.1 Å². The van der Waals surface area contributed by atoms with Crippen molar-refractivity contribution >= 4 is 11.8 Å². The molecule has 1 N–H and O–H groups in total. The Morgan fingerprint density at radius 2 is 1.73 bits per heavy atom. The summed E-state index contributed by atoms with van der Waals surface area (Å²) < 4.78 is 11.1. The first-order valence-corrected chi connectivity index (χ1v) is 8.23. The molecule has 0 aromatic heterocycles. The van der Waals surface area contributed by atoms with Gasteiger partial charge in [0.15, 0.2) is 0 Å². The molecule has 0 aliphatic heterocycles. The van der Waals surface area contributed by atoms with Crippen molar-refractivity contribution < 1.29 is 19.2 Å². The maximum Gasteiger partial charge on any atom is 0.413 e. The lowest BCUT2D eigenvalue weighted by atomic mass is 10.1. The van der Waals surface area contributed by atoms with Gasteiger partial charge in [-0.25, -0.2) is 4.79 Å². The van der Waals surface area contributed by atoms with E-state index in [0.29, 0.717) is 23.7 Å². The normalized spacial score (nSPS) is 10.9. The second kappa shape index (κ2) is 7.86. The van der Waals surface area contributed by atoms with Gasteiger partial charge < -0.3 is 14.8 Å². The SMILES string of the molecule is CCc1cc(OC(=O)NC(C)(C)C)ccc1Oc1ccc([N+](=O)[O-])cc1. The van der Waals surface area contributed by atoms with E-state index in [9.17, 15) is 14.9 Å². The molecule has 0 unspecified atom stereocenters. The molecule has 0 radical (unpaired) electrons. The van der Waals surface area contributed by atoms with Gasteiger partial charge in [-0.05, 0) is 63.1 Å². The Bertz CT molecular complexity index is 795. The molecule has 138 valence electrons. The zero-order valence-corrected chi connectivity index (χ0v) is 15.2. The molecule has 2 rings (SSSR count). The maximum absolute atomic E-state index is 11.9. The summed E-state index contributed by atoms with van der Waals surface area (Å²) in [5, 5.41) is 13.4. The highest BCUT2D eigenvalue weighted by Gasteiger charge is 2.16. The van der Waals surface area contributed by atoms with E-state index < -0.39 is 11.0 Å². The van der Waals surface area contributed by atoms with Crippen LogP contribution < -0.4 is 14.8 Å². The molecule has 2 aromatic rings. The Hall–Kier alpha value is -3.09. The Labute approximate surface area is 152 Å². The van der Waals surface area contributed by atoms with Gasteiger partial charge in [0.05, 0.1) is 4.92 Å². The van der Waals surface area contributed by atoms with Crippen molar-refractivity contribution in [2.75, 3.05) is 0 Å². The van der Waals surface area contributed by atoms with Gasteiger partial charge in [0.1, 0.15) is 17.2 Å². The molecule has 1 amide bonds. The molecule has 0 aliphatic carbocycles. The number of carbonyl (C=O) groups excluding carboxylic acids is 1. The van der Waals surface area contributed by atoms with Crippen molar-refractivity contribution in [1.29, 1.82) is 0 Å². The Kier molecular flexibility index (Phi) is 5.82. The number of rotatable bonds is 5. The van der Waals surface area contributed by atoms with Crippen LogP contribution in [0, 0.1) is 10.1 Å². The minimum Gasteiger partial charge on any atom is -0.457 e. The number of amides is 1. The molecule has 0 fully saturated rings. The number of ether oxygens (including phenoxy) is 2. The lowest BCUT2D eigenvalue weighted by molar-refractivity contribution is -0.384. The molecule has 0 saturated carbocycles. The summed E-state index contributed by atoms with van der Waals surface area (Å²) in [6, 6.07) is 10.9. The third-order valence-electron chi connectivity index (χ3n) is 3.38. The molecule has 0 spiro atoms. The van der Waals surface area contributed by atoms with Gasteiger partial charge in [0.25, 0.3) is 5.69 Å². The Morgan fingerprint density at radius 1 is 1.12 bits per heavy atom. The fourth-order valence-corrected chi connectivity index (χ4v) is 2.20. The summed E-state index contributed by atoms with van der Waals surface area (Å²) in [5.74, 6) is 1.51. The first-order chi connectivity index (χ1) is 12.2. The van der Waals surface area contributed by atoms with Crippen LogP contribution in [0.4, 0.5) is 10.5 Å². The predicted octanol–water partition coefficient (Wildman–Crippen LogP) is 4.84. The summed E-state index contributed by atoms with van der Waals surface area (Å²) in [5.41, 5.74) is 0.468. The highest BCUT2D eigenvalue weighted by atomic mass is 16.6. The summed E-state index contributed by atoms with van der Waals surface area (Å²) >= 11 is 0. The van der Waals surface area contributed by atoms with Crippen molar-refractivity contribution in [3.8, 4) is 17.2 Å². The smallest absolute Gasteiger partial charge is 0.413 e. The van der Waals surface area contributed by atoms with Crippen LogP contribution in [0.15, 0.2) is 42.5 Å². The van der Waals surface area contributed by atoms with Crippen LogP contribution in [0.1, 0.15) is 33.3 Å². The molecule has 0 atom stereocenters. The highest BCUT2D eigenvalue weighted by molar-refractivity contribution is 5.71. The van der Waals surface area contributed by atoms with E-state index in [-0.39, 0.29) is 11.2 Å². The van der Waals surface area contributed by atoms with Gasteiger partial charge in [0.2, 0.25) is 0 Å². The number of hydrogen-bond donors (Lipinski definition) is 1. The zero-order chi connectivity index (χ0) is 19.3. The lowest BCUT2D eigenvalue weighted by Gasteiger charge is -2.20. The van der Waals surface area contributed by atoms with Crippen molar-refractivity contribution in [2.45, 2.75) is 39.7 Å². The van der Waals surface area contributed by atoms with Gasteiger partial charge in [-0.1, -0.05) is 6.92 Å². The van der Waals surface area contributed by atoms with Gasteiger partial charge in [-0.2, -0.15) is 0 Å². The molecule has 7 nitrogen and oxygen atoms in total. The number of hydrogen-bond acceptors (Lipinski definition) is 5. The van der Waals surface area contributed by atoms with Crippen LogP contribution in [-0.4, -0.2) is 16.6 Å². The number of nitro benzene ring substituents is 1. The topological polar surface area (TPSA) is 90.7 Å². The number of nitro groups is 1. The molecule has 2 aromatic carbocycles. The lowest BCUT2D eigenvalue weighted by Crippen LogP contribution is -2.42. The number of nitrogens with zero attached hydrogens (tertiary/aromatic N) is 1. The molecule has 26 heavy (non-hydrogen) atoms. The van der Waals surface area contributed by atoms with E-state index in [4.69, 9.17) is 9.47 Å². The third-order valence-corrected chi connectivity index (χ3v) is 3.38. The van der Waals surface area contributed by atoms with Crippen molar-refractivity contribution in [2.24, 2.45) is 0 Å². The number of carbonyl (C=O) groups is 1. The van der Waals surface area contributed by atoms with E-state index in [1.54, 1.807) is 30.3 Å². The summed E-state index contributed by atoms with van der Waals surface area (Å²) in [6.07, 6.45) is 0.143. The van der Waals surface area contributed by atoms with Gasteiger partial charge in [-0.3, -0.25) is 10.1 Å². The average Bonchev–Trinajstić information content (AvgIpc) is 2.55. The van der Waals surface area contributed by atoms with Crippen LogP contribution in [0.5, 0.6) is 17.2 Å². The second-order valence-corrected chi connectivity index (χ2v) is 6.74. The molecule has 0 saturated heterocycles. The first-order valence-electron chi connectivity index (χ1n) is 8.23. The predicted molar refractivity (Wildman–Crippen MR) is 97.9 cm³/mol. The summed E-state index contributed by atoms with van der Waals surface area (Å²) in [7, 11) is 0. The van der Waals surface area contributed by atoms with Crippen LogP contribution >= 0.6 is 0 Å². The van der Waals surface area contributed by atoms with E-state index in [2.05, 4.69) is 5.32 Å². The first kappa shape index (κ1) is 19.2. The molecular weight excluding hydrogens is 336 g/mol.